The standard InChI is InChI=1S/C16H16FN3O/c17-11-6-4-10(5-7-11)12-9-14(21)19-16-15(12)18-13-3-1-2-8-20(13)16/h4-7,12H,1-3,8-9H2,(H,19,21)/t12-/m1/s1. The van der Waals surface area contributed by atoms with Gasteiger partial charge in [0.25, 0.3) is 0 Å². The van der Waals surface area contributed by atoms with Crippen LogP contribution in [0.25, 0.3) is 0 Å². The molecular weight excluding hydrogens is 269 g/mol. The number of aryl methyl sites for hydroxylation is 1. The number of fused-ring (bicyclic) bond motifs is 3. The largest absolute Gasteiger partial charge is 0.314 e. The first-order chi connectivity index (χ1) is 10.2. The van der Waals surface area contributed by atoms with Gasteiger partial charge in [0.1, 0.15) is 17.5 Å². The third-order valence-electron chi connectivity index (χ3n) is 4.36. The van der Waals surface area contributed by atoms with Crippen LogP contribution in [-0.2, 0) is 17.8 Å². The molecule has 1 aromatic carbocycles. The van der Waals surface area contributed by atoms with Crippen molar-refractivity contribution >= 4 is 11.7 Å². The highest BCUT2D eigenvalue weighted by molar-refractivity contribution is 5.94. The number of carbonyl (C=O) groups is 1. The van der Waals surface area contributed by atoms with Gasteiger partial charge in [-0.15, -0.1) is 0 Å². The van der Waals surface area contributed by atoms with Crippen molar-refractivity contribution < 1.29 is 9.18 Å². The Morgan fingerprint density at radius 2 is 2.05 bits per heavy atom. The zero-order valence-electron chi connectivity index (χ0n) is 11.6. The van der Waals surface area contributed by atoms with E-state index in [0.29, 0.717) is 6.42 Å². The molecule has 2 aromatic rings. The van der Waals surface area contributed by atoms with Crippen molar-refractivity contribution in [1.29, 1.82) is 0 Å². The highest BCUT2D eigenvalue weighted by Crippen LogP contribution is 2.38. The van der Waals surface area contributed by atoms with Crippen molar-refractivity contribution in [2.45, 2.75) is 38.1 Å². The minimum absolute atomic E-state index is 0.00472. The third-order valence-corrected chi connectivity index (χ3v) is 4.36. The second kappa shape index (κ2) is 4.69. The van der Waals surface area contributed by atoms with E-state index in [-0.39, 0.29) is 17.6 Å². The van der Waals surface area contributed by atoms with Crippen LogP contribution in [0.15, 0.2) is 24.3 Å². The lowest BCUT2D eigenvalue weighted by atomic mass is 9.90. The number of carbonyl (C=O) groups excluding carboxylic acids is 1. The first-order valence-electron chi connectivity index (χ1n) is 7.37. The SMILES string of the molecule is O=C1C[C@H](c2ccc(F)cc2)c2nc3n(c2N1)CCCC3. The molecule has 0 aliphatic carbocycles. The number of aromatic nitrogens is 2. The first kappa shape index (κ1) is 12.6. The average molecular weight is 285 g/mol. The van der Waals surface area contributed by atoms with Crippen LogP contribution in [-0.4, -0.2) is 15.5 Å². The predicted molar refractivity (Wildman–Crippen MR) is 76.7 cm³/mol. The van der Waals surface area contributed by atoms with Crippen LogP contribution in [0.2, 0.25) is 0 Å². The minimum Gasteiger partial charge on any atom is -0.314 e. The molecular formula is C16H16FN3O. The normalized spacial score (nSPS) is 20.6. The van der Waals surface area contributed by atoms with Crippen LogP contribution in [0.3, 0.4) is 0 Å². The molecule has 2 aliphatic heterocycles. The monoisotopic (exact) mass is 285 g/mol. The molecule has 1 N–H and O–H groups in total. The second-order valence-electron chi connectivity index (χ2n) is 5.73. The third kappa shape index (κ3) is 2.04. The number of anilines is 1. The molecule has 0 fully saturated rings. The van der Waals surface area contributed by atoms with E-state index < -0.39 is 0 Å². The lowest BCUT2D eigenvalue weighted by Gasteiger charge is -2.24. The van der Waals surface area contributed by atoms with Crippen molar-refractivity contribution in [2.24, 2.45) is 0 Å². The number of imidazole rings is 1. The number of amides is 1. The summed E-state index contributed by atoms with van der Waals surface area (Å²) in [6, 6.07) is 6.39. The number of halogens is 1. The molecule has 0 saturated carbocycles. The van der Waals surface area contributed by atoms with E-state index in [1.165, 1.54) is 12.1 Å². The number of rotatable bonds is 1. The van der Waals surface area contributed by atoms with Gasteiger partial charge in [-0.3, -0.25) is 4.79 Å². The fourth-order valence-corrected chi connectivity index (χ4v) is 3.31. The Bertz CT molecular complexity index is 705. The van der Waals surface area contributed by atoms with Crippen LogP contribution in [0.5, 0.6) is 0 Å². The van der Waals surface area contributed by atoms with E-state index in [1.807, 2.05) is 0 Å². The molecule has 108 valence electrons. The predicted octanol–water partition coefficient (Wildman–Crippen LogP) is 2.83. The Kier molecular flexibility index (Phi) is 2.80. The quantitative estimate of drug-likeness (QED) is 0.875. The maximum atomic E-state index is 13.1. The molecule has 21 heavy (non-hydrogen) atoms. The van der Waals surface area contributed by atoms with Crippen molar-refractivity contribution in [1.82, 2.24) is 9.55 Å². The summed E-state index contributed by atoms with van der Waals surface area (Å²) in [5.41, 5.74) is 1.88. The fraction of sp³-hybridized carbons (Fsp3) is 0.375. The van der Waals surface area contributed by atoms with Crippen LogP contribution < -0.4 is 5.32 Å². The smallest absolute Gasteiger partial charge is 0.226 e. The molecule has 0 spiro atoms. The van der Waals surface area contributed by atoms with Gasteiger partial charge in [0.15, 0.2) is 0 Å². The number of nitrogens with zero attached hydrogens (tertiary/aromatic N) is 2. The second-order valence-corrected chi connectivity index (χ2v) is 5.73. The topological polar surface area (TPSA) is 46.9 Å². The summed E-state index contributed by atoms with van der Waals surface area (Å²) in [5.74, 6) is 1.57. The van der Waals surface area contributed by atoms with Gasteiger partial charge in [-0.05, 0) is 30.5 Å². The Morgan fingerprint density at radius 3 is 2.86 bits per heavy atom. The van der Waals surface area contributed by atoms with Gasteiger partial charge >= 0.3 is 0 Å². The molecule has 0 unspecified atom stereocenters. The number of hydrogen-bond donors (Lipinski definition) is 1. The molecule has 4 nitrogen and oxygen atoms in total. The summed E-state index contributed by atoms with van der Waals surface area (Å²) in [4.78, 5) is 16.8. The molecule has 1 aromatic heterocycles. The number of nitrogens with one attached hydrogen (secondary N) is 1. The van der Waals surface area contributed by atoms with E-state index in [4.69, 9.17) is 4.98 Å². The Labute approximate surface area is 122 Å². The fourth-order valence-electron chi connectivity index (χ4n) is 3.31. The molecule has 0 radical (unpaired) electrons. The average Bonchev–Trinajstić information content (AvgIpc) is 2.86. The van der Waals surface area contributed by atoms with E-state index >= 15 is 0 Å². The van der Waals surface area contributed by atoms with Gasteiger partial charge in [0.2, 0.25) is 5.91 Å². The zero-order valence-corrected chi connectivity index (χ0v) is 11.6. The molecule has 1 atom stereocenters. The summed E-state index contributed by atoms with van der Waals surface area (Å²) in [5, 5.41) is 2.97. The van der Waals surface area contributed by atoms with Crippen molar-refractivity contribution in [2.75, 3.05) is 5.32 Å². The van der Waals surface area contributed by atoms with Crippen molar-refractivity contribution in [3.63, 3.8) is 0 Å². The molecule has 0 bridgehead atoms. The maximum absolute atomic E-state index is 13.1. The summed E-state index contributed by atoms with van der Waals surface area (Å²) in [6.07, 6.45) is 3.59. The highest BCUT2D eigenvalue weighted by atomic mass is 19.1. The molecule has 4 rings (SSSR count). The Balaban J connectivity index is 1.82. The lowest BCUT2D eigenvalue weighted by molar-refractivity contribution is -0.116. The Hall–Kier alpha value is -2.17. The van der Waals surface area contributed by atoms with Crippen LogP contribution >= 0.6 is 0 Å². The van der Waals surface area contributed by atoms with Gasteiger partial charge in [0.05, 0.1) is 5.69 Å². The first-order valence-corrected chi connectivity index (χ1v) is 7.37. The van der Waals surface area contributed by atoms with E-state index in [2.05, 4.69) is 9.88 Å². The van der Waals surface area contributed by atoms with Gasteiger partial charge in [-0.25, -0.2) is 9.37 Å². The number of benzene rings is 1. The van der Waals surface area contributed by atoms with E-state index in [0.717, 1.165) is 48.7 Å². The number of hydrogen-bond acceptors (Lipinski definition) is 2. The Morgan fingerprint density at radius 1 is 1.24 bits per heavy atom. The maximum Gasteiger partial charge on any atom is 0.226 e. The van der Waals surface area contributed by atoms with Gasteiger partial charge < -0.3 is 9.88 Å². The zero-order chi connectivity index (χ0) is 14.4. The minimum atomic E-state index is -0.261. The summed E-state index contributed by atoms with van der Waals surface area (Å²) < 4.78 is 15.2. The summed E-state index contributed by atoms with van der Waals surface area (Å²) in [7, 11) is 0. The van der Waals surface area contributed by atoms with Gasteiger partial charge in [-0.1, -0.05) is 12.1 Å². The molecule has 0 saturated heterocycles. The molecule has 2 aliphatic rings. The van der Waals surface area contributed by atoms with Gasteiger partial charge in [-0.2, -0.15) is 0 Å². The van der Waals surface area contributed by atoms with E-state index in [9.17, 15) is 9.18 Å². The van der Waals surface area contributed by atoms with Crippen LogP contribution in [0, 0.1) is 5.82 Å². The highest BCUT2D eigenvalue weighted by Gasteiger charge is 2.32. The summed E-state index contributed by atoms with van der Waals surface area (Å²) >= 11 is 0. The lowest BCUT2D eigenvalue weighted by Crippen LogP contribution is -2.25. The van der Waals surface area contributed by atoms with Gasteiger partial charge in [0, 0.05) is 25.3 Å². The van der Waals surface area contributed by atoms with Crippen molar-refractivity contribution in [3.05, 3.63) is 47.2 Å². The molecule has 3 heterocycles. The molecule has 5 heteroatoms. The summed E-state index contributed by atoms with van der Waals surface area (Å²) in [6.45, 7) is 0.911. The van der Waals surface area contributed by atoms with Crippen LogP contribution in [0.1, 0.15) is 42.3 Å². The van der Waals surface area contributed by atoms with Crippen molar-refractivity contribution in [3.8, 4) is 0 Å². The van der Waals surface area contributed by atoms with E-state index in [1.54, 1.807) is 12.1 Å². The van der Waals surface area contributed by atoms with Crippen LogP contribution in [0.4, 0.5) is 10.2 Å². The molecule has 1 amide bonds.